The highest BCUT2D eigenvalue weighted by atomic mass is 19.3. The first-order valence-electron chi connectivity index (χ1n) is 13.4. The number of nitrogens with one attached hydrogen (secondary N) is 1. The summed E-state index contributed by atoms with van der Waals surface area (Å²) >= 11 is 0. The van der Waals surface area contributed by atoms with Crippen LogP contribution in [-0.2, 0) is 9.53 Å². The zero-order chi connectivity index (χ0) is 25.7. The van der Waals surface area contributed by atoms with E-state index in [1.165, 1.54) is 12.8 Å². The fraction of sp³-hybridized carbons (Fsp3) is 0.621. The van der Waals surface area contributed by atoms with Gasteiger partial charge in [-0.05, 0) is 80.9 Å². The van der Waals surface area contributed by atoms with Crippen LogP contribution >= 0.6 is 0 Å². The van der Waals surface area contributed by atoms with E-state index in [-0.39, 0.29) is 30.7 Å². The second-order valence-electron chi connectivity index (χ2n) is 11.2. The Morgan fingerprint density at radius 2 is 1.86 bits per heavy atom. The number of alkyl halides is 2. The van der Waals surface area contributed by atoms with E-state index in [4.69, 9.17) is 4.74 Å². The zero-order valence-corrected chi connectivity index (χ0v) is 21.7. The van der Waals surface area contributed by atoms with Crippen LogP contribution in [0.15, 0.2) is 53.1 Å². The van der Waals surface area contributed by atoms with Crippen LogP contribution in [0.5, 0.6) is 0 Å². The van der Waals surface area contributed by atoms with Crippen LogP contribution < -0.4 is 5.32 Å². The third-order valence-corrected chi connectivity index (χ3v) is 7.34. The summed E-state index contributed by atoms with van der Waals surface area (Å²) in [6.45, 7) is 6.94. The molecule has 1 aromatic rings. The van der Waals surface area contributed by atoms with Gasteiger partial charge in [0.15, 0.2) is 0 Å². The number of rotatable bonds is 11. The van der Waals surface area contributed by atoms with Gasteiger partial charge < -0.3 is 10.1 Å². The van der Waals surface area contributed by atoms with Crippen LogP contribution in [0.4, 0.5) is 8.78 Å². The van der Waals surface area contributed by atoms with Crippen molar-refractivity contribution in [2.75, 3.05) is 6.61 Å². The molecule has 1 heterocycles. The average molecular weight is 500 g/mol. The topological polar surface area (TPSA) is 64.1 Å². The number of halogens is 2. The minimum Gasteiger partial charge on any atom is -0.497 e. The van der Waals surface area contributed by atoms with E-state index < -0.39 is 5.92 Å². The van der Waals surface area contributed by atoms with Gasteiger partial charge in [0.1, 0.15) is 5.82 Å². The van der Waals surface area contributed by atoms with Gasteiger partial charge in [0.05, 0.1) is 18.4 Å². The molecular weight excluding hydrogens is 460 g/mol. The fourth-order valence-electron chi connectivity index (χ4n) is 4.95. The molecule has 0 aliphatic heterocycles. The molecule has 5 nitrogen and oxygen atoms in total. The second-order valence-corrected chi connectivity index (χ2v) is 11.2. The van der Waals surface area contributed by atoms with Crippen LogP contribution in [0.25, 0.3) is 0 Å². The molecule has 2 saturated carbocycles. The smallest absolute Gasteiger partial charge is 0.251 e. The van der Waals surface area contributed by atoms with E-state index in [1.807, 2.05) is 19.1 Å². The Morgan fingerprint density at radius 3 is 2.50 bits per heavy atom. The first-order valence-corrected chi connectivity index (χ1v) is 13.4. The largest absolute Gasteiger partial charge is 0.497 e. The van der Waals surface area contributed by atoms with E-state index >= 15 is 0 Å². The number of amides is 1. The first kappa shape index (κ1) is 26.5. The predicted molar refractivity (Wildman–Crippen MR) is 136 cm³/mol. The molecule has 1 atom stereocenters. The van der Waals surface area contributed by atoms with E-state index in [2.05, 4.69) is 29.1 Å². The van der Waals surface area contributed by atoms with Gasteiger partial charge in [-0.15, -0.1) is 0 Å². The van der Waals surface area contributed by atoms with Gasteiger partial charge in [0.25, 0.3) is 5.91 Å². The Kier molecular flexibility index (Phi) is 8.58. The van der Waals surface area contributed by atoms with Crippen LogP contribution in [-0.4, -0.2) is 28.4 Å². The summed E-state index contributed by atoms with van der Waals surface area (Å²) in [7, 11) is 0. The lowest BCUT2D eigenvalue weighted by molar-refractivity contribution is -0.118. The van der Waals surface area contributed by atoms with Crippen molar-refractivity contribution >= 4 is 5.91 Å². The summed E-state index contributed by atoms with van der Waals surface area (Å²) in [6, 6.07) is 1.49. The lowest BCUT2D eigenvalue weighted by atomic mass is 9.77. The number of hydrogen-bond acceptors (Lipinski definition) is 4. The fourth-order valence-corrected chi connectivity index (χ4v) is 4.95. The summed E-state index contributed by atoms with van der Waals surface area (Å²) in [5.41, 5.74) is 2.69. The van der Waals surface area contributed by atoms with Gasteiger partial charge in [-0.25, -0.2) is 18.7 Å². The average Bonchev–Trinajstić information content (AvgIpc) is 3.63. The Balaban J connectivity index is 1.49. The number of carbonyl (C=O) groups is 1. The summed E-state index contributed by atoms with van der Waals surface area (Å²) in [5, 5.41) is 3.16. The molecule has 1 amide bonds. The van der Waals surface area contributed by atoms with Crippen molar-refractivity contribution in [3.05, 3.63) is 58.9 Å². The molecule has 0 bridgehead atoms. The van der Waals surface area contributed by atoms with Crippen molar-refractivity contribution < 1.29 is 18.3 Å². The number of ether oxygens (including phenoxy) is 1. The van der Waals surface area contributed by atoms with Crippen LogP contribution in [0.2, 0.25) is 0 Å². The Labute approximate surface area is 213 Å². The predicted octanol–water partition coefficient (Wildman–Crippen LogP) is 6.85. The number of aromatic nitrogens is 2. The molecule has 0 aromatic carbocycles. The van der Waals surface area contributed by atoms with Crippen molar-refractivity contribution in [1.82, 2.24) is 15.3 Å². The molecule has 3 aliphatic rings. The van der Waals surface area contributed by atoms with E-state index in [1.54, 1.807) is 18.5 Å². The van der Waals surface area contributed by atoms with Crippen molar-refractivity contribution in [2.24, 2.45) is 17.8 Å². The lowest BCUT2D eigenvalue weighted by Gasteiger charge is -2.35. The molecule has 0 spiro atoms. The summed E-state index contributed by atoms with van der Waals surface area (Å²) in [4.78, 5) is 22.2. The molecule has 36 heavy (non-hydrogen) atoms. The standard InChI is InChI=1S/C29H39F2N3O2/c1-19(2)15-25(27-32-13-4-14-33-27)34-28(35)24-11-10-23(9-8-22-16-29(30,31)17-22)26(12-5-20(24)3)36-18-21-6-7-21/h4,10-11,13-14,19,21-22,25H,5-9,12,15-18H2,1-3H3,(H,34,35). The highest BCUT2D eigenvalue weighted by Gasteiger charge is 2.44. The highest BCUT2D eigenvalue weighted by Crippen LogP contribution is 2.45. The molecule has 0 radical (unpaired) electrons. The minimum atomic E-state index is -2.50. The molecule has 2 fully saturated rings. The number of hydrogen-bond donors (Lipinski definition) is 1. The molecule has 1 N–H and O–H groups in total. The molecule has 1 unspecified atom stereocenters. The van der Waals surface area contributed by atoms with Gasteiger partial charge in [0.2, 0.25) is 5.92 Å². The quantitative estimate of drug-likeness (QED) is 0.362. The second kappa shape index (κ2) is 11.7. The lowest BCUT2D eigenvalue weighted by Crippen LogP contribution is -2.35. The third-order valence-electron chi connectivity index (χ3n) is 7.34. The van der Waals surface area contributed by atoms with Crippen molar-refractivity contribution in [3.63, 3.8) is 0 Å². The van der Waals surface area contributed by atoms with Gasteiger partial charge in [-0.3, -0.25) is 4.79 Å². The third kappa shape index (κ3) is 7.47. The molecule has 3 aliphatic carbocycles. The van der Waals surface area contributed by atoms with Gasteiger partial charge in [-0.2, -0.15) is 0 Å². The maximum Gasteiger partial charge on any atom is 0.251 e. The van der Waals surface area contributed by atoms with E-state index in [0.717, 1.165) is 42.8 Å². The van der Waals surface area contributed by atoms with Crippen LogP contribution in [0.1, 0.15) is 90.4 Å². The van der Waals surface area contributed by atoms with Crippen molar-refractivity contribution in [1.29, 1.82) is 0 Å². The molecule has 0 saturated heterocycles. The molecule has 7 heteroatoms. The van der Waals surface area contributed by atoms with Crippen molar-refractivity contribution in [3.8, 4) is 0 Å². The van der Waals surface area contributed by atoms with Crippen molar-refractivity contribution in [2.45, 2.75) is 90.5 Å². The molecule has 4 rings (SSSR count). The minimum absolute atomic E-state index is 0.0201. The number of nitrogens with zero attached hydrogens (tertiary/aromatic N) is 2. The van der Waals surface area contributed by atoms with Gasteiger partial charge in [0, 0.05) is 37.2 Å². The normalized spacial score (nSPS) is 21.2. The number of allylic oxidation sites excluding steroid dienone is 4. The van der Waals surface area contributed by atoms with Crippen LogP contribution in [0, 0.1) is 17.8 Å². The maximum absolute atomic E-state index is 13.4. The van der Waals surface area contributed by atoms with Crippen LogP contribution in [0.3, 0.4) is 0 Å². The summed E-state index contributed by atoms with van der Waals surface area (Å²) in [6.07, 6.45) is 13.2. The molecular formula is C29H39F2N3O2. The monoisotopic (exact) mass is 499 g/mol. The zero-order valence-electron chi connectivity index (χ0n) is 21.7. The highest BCUT2D eigenvalue weighted by molar-refractivity contribution is 5.97. The Hall–Kier alpha value is -2.57. The first-order chi connectivity index (χ1) is 17.2. The summed E-state index contributed by atoms with van der Waals surface area (Å²) < 4.78 is 32.9. The Bertz CT molecular complexity index is 1000. The van der Waals surface area contributed by atoms with E-state index in [0.29, 0.717) is 36.1 Å². The van der Waals surface area contributed by atoms with E-state index in [9.17, 15) is 13.6 Å². The molecule has 196 valence electrons. The van der Waals surface area contributed by atoms with Gasteiger partial charge in [-0.1, -0.05) is 25.5 Å². The molecule has 1 aromatic heterocycles. The summed E-state index contributed by atoms with van der Waals surface area (Å²) in [5.74, 6) is -0.0156. The number of carbonyl (C=O) groups excluding carboxylic acids is 1. The SMILES string of the molecule is CC1=C(C(=O)NC(CC(C)C)c2ncccn2)C=CC(CCC2CC(F)(F)C2)=C(OCC2CC2)CC1. The van der Waals surface area contributed by atoms with Gasteiger partial charge >= 0.3 is 0 Å². The Morgan fingerprint density at radius 1 is 1.14 bits per heavy atom. The maximum atomic E-state index is 13.4.